The van der Waals surface area contributed by atoms with Crippen molar-refractivity contribution in [3.8, 4) is 5.75 Å². The lowest BCUT2D eigenvalue weighted by Gasteiger charge is -2.22. The third-order valence-electron chi connectivity index (χ3n) is 4.49. The van der Waals surface area contributed by atoms with Gasteiger partial charge in [0.05, 0.1) is 19.0 Å². The first-order valence-electron chi connectivity index (χ1n) is 9.82. The Hall–Kier alpha value is -3.67. The van der Waals surface area contributed by atoms with Crippen molar-refractivity contribution < 1.29 is 34.2 Å². The van der Waals surface area contributed by atoms with E-state index in [1.807, 2.05) is 0 Å². The summed E-state index contributed by atoms with van der Waals surface area (Å²) in [6.45, 7) is 3.03. The molecule has 0 aliphatic carbocycles. The van der Waals surface area contributed by atoms with Crippen molar-refractivity contribution in [2.24, 2.45) is 17.4 Å². The number of hydrogen-bond donors (Lipinski definition) is 7. The minimum atomic E-state index is -1.58. The summed E-state index contributed by atoms with van der Waals surface area (Å²) in [5, 5.41) is 25.6. The normalized spacial score (nSPS) is 13.5. The summed E-state index contributed by atoms with van der Waals surface area (Å²) < 4.78 is 0. The van der Waals surface area contributed by atoms with Gasteiger partial charge in [-0.2, -0.15) is 0 Å². The number of rotatable bonds is 12. The first-order valence-corrected chi connectivity index (χ1v) is 9.82. The van der Waals surface area contributed by atoms with E-state index in [2.05, 4.69) is 16.0 Å². The average molecular weight is 451 g/mol. The molecule has 176 valence electrons. The fourth-order valence-corrected chi connectivity index (χ4v) is 2.58. The van der Waals surface area contributed by atoms with Crippen LogP contribution in [0.4, 0.5) is 0 Å². The second kappa shape index (κ2) is 12.2. The van der Waals surface area contributed by atoms with Crippen LogP contribution in [0, 0.1) is 5.92 Å². The molecule has 1 aromatic rings. The lowest BCUT2D eigenvalue weighted by atomic mass is 10.0. The van der Waals surface area contributed by atoms with Crippen LogP contribution in [-0.2, 0) is 30.4 Å². The van der Waals surface area contributed by atoms with E-state index in [4.69, 9.17) is 11.5 Å². The minimum absolute atomic E-state index is 0.00427. The fourth-order valence-electron chi connectivity index (χ4n) is 2.58. The van der Waals surface area contributed by atoms with Crippen LogP contribution in [0.1, 0.15) is 25.8 Å². The third-order valence-corrected chi connectivity index (χ3v) is 4.49. The van der Waals surface area contributed by atoms with Gasteiger partial charge in [-0.3, -0.25) is 19.2 Å². The number of nitrogens with one attached hydrogen (secondary N) is 3. The molecular formula is C20H29N5O7. The van der Waals surface area contributed by atoms with Gasteiger partial charge in [-0.15, -0.1) is 0 Å². The average Bonchev–Trinajstić information content (AvgIpc) is 2.71. The predicted octanol–water partition coefficient (Wildman–Crippen LogP) is -2.04. The molecule has 3 atom stereocenters. The lowest BCUT2D eigenvalue weighted by molar-refractivity contribution is -0.143. The van der Waals surface area contributed by atoms with E-state index >= 15 is 0 Å². The molecular weight excluding hydrogens is 422 g/mol. The number of aromatic hydroxyl groups is 1. The number of amides is 4. The molecule has 0 aromatic heterocycles. The van der Waals surface area contributed by atoms with Gasteiger partial charge in [-0.25, -0.2) is 4.79 Å². The molecule has 0 saturated carbocycles. The van der Waals surface area contributed by atoms with Crippen molar-refractivity contribution in [2.45, 2.75) is 44.8 Å². The Morgan fingerprint density at radius 1 is 0.969 bits per heavy atom. The van der Waals surface area contributed by atoms with Crippen LogP contribution >= 0.6 is 0 Å². The van der Waals surface area contributed by atoms with Crippen molar-refractivity contribution in [2.75, 3.05) is 6.54 Å². The second-order valence-electron chi connectivity index (χ2n) is 7.55. The van der Waals surface area contributed by atoms with Gasteiger partial charge in [0.2, 0.25) is 23.6 Å². The van der Waals surface area contributed by atoms with Crippen molar-refractivity contribution in [3.05, 3.63) is 29.8 Å². The third kappa shape index (κ3) is 9.00. The molecule has 32 heavy (non-hydrogen) atoms. The predicted molar refractivity (Wildman–Crippen MR) is 113 cm³/mol. The van der Waals surface area contributed by atoms with Gasteiger partial charge in [0, 0.05) is 6.42 Å². The standard InChI is InChI=1S/C20H29N5O7/c1-10(2)17(22)19(30)23-9-16(28)24-13(7-11-3-5-12(26)6-4-11)18(29)25-14(20(31)32)8-15(21)27/h3-6,10,13-14,17,26H,7-9,22H2,1-2H3,(H2,21,27)(H,23,30)(H,24,28)(H,25,29)(H,31,32). The van der Waals surface area contributed by atoms with E-state index in [0.717, 1.165) is 0 Å². The maximum atomic E-state index is 12.7. The van der Waals surface area contributed by atoms with E-state index in [0.29, 0.717) is 5.56 Å². The number of primary amides is 1. The smallest absolute Gasteiger partial charge is 0.326 e. The van der Waals surface area contributed by atoms with Crippen molar-refractivity contribution in [1.29, 1.82) is 0 Å². The fraction of sp³-hybridized carbons (Fsp3) is 0.450. The quantitative estimate of drug-likeness (QED) is 0.187. The Morgan fingerprint density at radius 3 is 2.06 bits per heavy atom. The maximum Gasteiger partial charge on any atom is 0.326 e. The summed E-state index contributed by atoms with van der Waals surface area (Å²) >= 11 is 0. The molecule has 0 aliphatic rings. The highest BCUT2D eigenvalue weighted by Gasteiger charge is 2.28. The number of carboxylic acids is 1. The number of hydrogen-bond acceptors (Lipinski definition) is 7. The zero-order valence-corrected chi connectivity index (χ0v) is 17.8. The molecule has 0 spiro atoms. The number of benzene rings is 1. The first-order chi connectivity index (χ1) is 14.9. The number of phenols is 1. The number of carboxylic acid groups (broad SMARTS) is 1. The lowest BCUT2D eigenvalue weighted by Crippen LogP contribution is -2.55. The number of aliphatic carboxylic acids is 1. The second-order valence-corrected chi connectivity index (χ2v) is 7.55. The molecule has 4 amide bonds. The molecule has 1 rings (SSSR count). The molecule has 0 heterocycles. The molecule has 0 radical (unpaired) electrons. The summed E-state index contributed by atoms with van der Waals surface area (Å²) in [6.07, 6.45) is -0.690. The molecule has 12 heteroatoms. The van der Waals surface area contributed by atoms with E-state index < -0.39 is 60.7 Å². The molecule has 12 nitrogen and oxygen atoms in total. The van der Waals surface area contributed by atoms with Gasteiger partial charge < -0.3 is 37.6 Å². The van der Waals surface area contributed by atoms with E-state index in [1.54, 1.807) is 13.8 Å². The molecule has 0 aliphatic heterocycles. The Bertz CT molecular complexity index is 841. The van der Waals surface area contributed by atoms with Gasteiger partial charge >= 0.3 is 5.97 Å². The maximum absolute atomic E-state index is 12.7. The molecule has 0 fully saturated rings. The van der Waals surface area contributed by atoms with Crippen LogP contribution in [0.25, 0.3) is 0 Å². The highest BCUT2D eigenvalue weighted by molar-refractivity contribution is 5.93. The molecule has 9 N–H and O–H groups in total. The van der Waals surface area contributed by atoms with E-state index in [-0.39, 0.29) is 18.1 Å². The first kappa shape index (κ1) is 26.4. The van der Waals surface area contributed by atoms with E-state index in [9.17, 15) is 34.2 Å². The summed E-state index contributed by atoms with van der Waals surface area (Å²) in [6, 6.07) is 2.16. The van der Waals surface area contributed by atoms with Crippen molar-refractivity contribution >= 4 is 29.6 Å². The largest absolute Gasteiger partial charge is 0.508 e. The molecule has 0 saturated heterocycles. The van der Waals surface area contributed by atoms with Gasteiger partial charge in [0.1, 0.15) is 17.8 Å². The zero-order valence-electron chi connectivity index (χ0n) is 17.8. The van der Waals surface area contributed by atoms with E-state index in [1.165, 1.54) is 24.3 Å². The van der Waals surface area contributed by atoms with Crippen LogP contribution in [-0.4, -0.2) is 64.5 Å². The van der Waals surface area contributed by atoms with Crippen LogP contribution in [0.5, 0.6) is 5.75 Å². The van der Waals surface area contributed by atoms with Crippen molar-refractivity contribution in [1.82, 2.24) is 16.0 Å². The minimum Gasteiger partial charge on any atom is -0.508 e. The highest BCUT2D eigenvalue weighted by Crippen LogP contribution is 2.12. The van der Waals surface area contributed by atoms with Crippen LogP contribution in [0.2, 0.25) is 0 Å². The van der Waals surface area contributed by atoms with Crippen LogP contribution in [0.3, 0.4) is 0 Å². The topological polar surface area (TPSA) is 214 Å². The van der Waals surface area contributed by atoms with Crippen molar-refractivity contribution in [3.63, 3.8) is 0 Å². The SMILES string of the molecule is CC(C)C(N)C(=O)NCC(=O)NC(Cc1ccc(O)cc1)C(=O)NC(CC(N)=O)C(=O)O. The number of carbonyl (C=O) groups excluding carboxylic acids is 4. The Morgan fingerprint density at radius 2 is 1.56 bits per heavy atom. The molecule has 0 bridgehead atoms. The number of nitrogens with two attached hydrogens (primary N) is 2. The highest BCUT2D eigenvalue weighted by atomic mass is 16.4. The van der Waals surface area contributed by atoms with Gasteiger partial charge in [0.25, 0.3) is 0 Å². The summed E-state index contributed by atoms with van der Waals surface area (Å²) in [5.74, 6) is -4.68. The Kier molecular flexibility index (Phi) is 10.1. The van der Waals surface area contributed by atoms with Gasteiger partial charge in [0.15, 0.2) is 0 Å². The van der Waals surface area contributed by atoms with Crippen LogP contribution in [0.15, 0.2) is 24.3 Å². The Balaban J connectivity index is 2.91. The van der Waals surface area contributed by atoms with Crippen LogP contribution < -0.4 is 27.4 Å². The molecule has 1 aromatic carbocycles. The number of carbonyl (C=O) groups is 5. The zero-order chi connectivity index (χ0) is 24.4. The van der Waals surface area contributed by atoms with Gasteiger partial charge in [-0.05, 0) is 23.6 Å². The summed E-state index contributed by atoms with van der Waals surface area (Å²) in [4.78, 5) is 59.3. The van der Waals surface area contributed by atoms with Gasteiger partial charge in [-0.1, -0.05) is 26.0 Å². The molecule has 3 unspecified atom stereocenters. The summed E-state index contributed by atoms with van der Waals surface area (Å²) in [7, 11) is 0. The summed E-state index contributed by atoms with van der Waals surface area (Å²) in [5.41, 5.74) is 11.3. The number of phenolic OH excluding ortho intramolecular Hbond substituents is 1. The monoisotopic (exact) mass is 451 g/mol. The Labute approximate surface area is 184 Å².